The lowest BCUT2D eigenvalue weighted by atomic mass is 10.6. The maximum Gasteiger partial charge on any atom is 0.425 e. The van der Waals surface area contributed by atoms with Crippen LogP contribution in [0.25, 0.3) is 0 Å². The monoisotopic (exact) mass is 202 g/mol. The summed E-state index contributed by atoms with van der Waals surface area (Å²) in [5, 5.41) is 0. The van der Waals surface area contributed by atoms with Gasteiger partial charge in [0.2, 0.25) is 12.6 Å². The summed E-state index contributed by atoms with van der Waals surface area (Å²) in [5.41, 5.74) is 0. The lowest BCUT2D eigenvalue weighted by molar-refractivity contribution is -0.177. The molecule has 0 saturated heterocycles. The van der Waals surface area contributed by atoms with E-state index < -0.39 is 23.9 Å². The van der Waals surface area contributed by atoms with Crippen molar-refractivity contribution in [1.29, 1.82) is 0 Å². The molecule has 8 heteroatoms. The molecule has 0 heterocycles. The minimum absolute atomic E-state index is 0.368. The largest absolute Gasteiger partial charge is 0.425 e. The second-order valence-electron chi connectivity index (χ2n) is 1.65. The summed E-state index contributed by atoms with van der Waals surface area (Å²) in [6.45, 7) is 0. The first-order valence-electron chi connectivity index (χ1n) is 2.93. The van der Waals surface area contributed by atoms with Gasteiger partial charge in [0.1, 0.15) is 0 Å². The van der Waals surface area contributed by atoms with Gasteiger partial charge in [-0.25, -0.2) is 19.2 Å². The van der Waals surface area contributed by atoms with Crippen LogP contribution in [-0.2, 0) is 38.2 Å². The summed E-state index contributed by atoms with van der Waals surface area (Å²) < 4.78 is 7.04. The maximum absolute atomic E-state index is 10.4. The summed E-state index contributed by atoms with van der Waals surface area (Å²) >= 11 is 0. The zero-order chi connectivity index (χ0) is 11.1. The molecule has 0 aromatic heterocycles. The van der Waals surface area contributed by atoms with E-state index in [4.69, 9.17) is 0 Å². The molecule has 0 aliphatic carbocycles. The smallest absolute Gasteiger partial charge is 0.379 e. The SMILES string of the molecule is O=CC(=O)OC(=O)C(=O)OC(=O)C=O. The van der Waals surface area contributed by atoms with Gasteiger partial charge in [-0.1, -0.05) is 0 Å². The van der Waals surface area contributed by atoms with Crippen molar-refractivity contribution in [2.24, 2.45) is 0 Å². The van der Waals surface area contributed by atoms with Crippen LogP contribution in [0, 0.1) is 0 Å². The van der Waals surface area contributed by atoms with Gasteiger partial charge >= 0.3 is 23.9 Å². The van der Waals surface area contributed by atoms with Gasteiger partial charge in [0, 0.05) is 0 Å². The van der Waals surface area contributed by atoms with Crippen LogP contribution in [0.3, 0.4) is 0 Å². The summed E-state index contributed by atoms with van der Waals surface area (Å²) in [6.07, 6.45) is -0.737. The Morgan fingerprint density at radius 3 is 1.21 bits per heavy atom. The second kappa shape index (κ2) is 5.30. The van der Waals surface area contributed by atoms with Crippen molar-refractivity contribution >= 4 is 36.4 Å². The first-order chi connectivity index (χ1) is 6.51. The third-order valence-electron chi connectivity index (χ3n) is 0.746. The quantitative estimate of drug-likeness (QED) is 0.209. The minimum atomic E-state index is -1.86. The van der Waals surface area contributed by atoms with Gasteiger partial charge in [0.25, 0.3) is 0 Å². The fourth-order valence-corrected chi connectivity index (χ4v) is 0.314. The molecule has 0 aromatic rings. The molecule has 0 aliphatic heterocycles. The molecule has 0 saturated carbocycles. The molecule has 0 unspecified atom stereocenters. The van der Waals surface area contributed by atoms with E-state index in [0.29, 0.717) is 0 Å². The summed E-state index contributed by atoms with van der Waals surface area (Å²) in [6, 6.07) is 0. The van der Waals surface area contributed by atoms with E-state index in [9.17, 15) is 28.8 Å². The Morgan fingerprint density at radius 1 is 0.714 bits per heavy atom. The summed E-state index contributed by atoms with van der Waals surface area (Å²) in [4.78, 5) is 60.3. The normalized spacial score (nSPS) is 8.29. The Balaban J connectivity index is 4.20. The number of hydrogen-bond acceptors (Lipinski definition) is 8. The van der Waals surface area contributed by atoms with Crippen LogP contribution >= 0.6 is 0 Å². The predicted molar refractivity (Wildman–Crippen MR) is 34.3 cm³/mol. The van der Waals surface area contributed by atoms with Gasteiger partial charge < -0.3 is 9.47 Å². The van der Waals surface area contributed by atoms with Crippen LogP contribution < -0.4 is 0 Å². The zero-order valence-electron chi connectivity index (χ0n) is 6.42. The van der Waals surface area contributed by atoms with Crippen molar-refractivity contribution in [3.8, 4) is 0 Å². The molecule has 0 N–H and O–H groups in total. The minimum Gasteiger partial charge on any atom is -0.379 e. The van der Waals surface area contributed by atoms with E-state index in [1.54, 1.807) is 0 Å². The van der Waals surface area contributed by atoms with E-state index in [1.807, 2.05) is 0 Å². The topological polar surface area (TPSA) is 121 Å². The Hall–Kier alpha value is -2.38. The molecule has 0 rings (SSSR count). The van der Waals surface area contributed by atoms with E-state index in [1.165, 1.54) is 0 Å². The number of rotatable bonds is 2. The Kier molecular flexibility index (Phi) is 4.40. The van der Waals surface area contributed by atoms with Crippen LogP contribution in [0.1, 0.15) is 0 Å². The number of ether oxygens (including phenoxy) is 2. The first-order valence-corrected chi connectivity index (χ1v) is 2.93. The third kappa shape index (κ3) is 3.85. The van der Waals surface area contributed by atoms with Gasteiger partial charge in [-0.15, -0.1) is 0 Å². The standard InChI is InChI=1S/C6H2O8/c7-1-3(9)13-5(11)6(12)14-4(10)2-8/h1-2H. The summed E-state index contributed by atoms with van der Waals surface area (Å²) in [7, 11) is 0. The number of carbonyl (C=O) groups excluding carboxylic acids is 6. The van der Waals surface area contributed by atoms with Crippen molar-refractivity contribution in [3.05, 3.63) is 0 Å². The molecular formula is C6H2O8. The molecule has 0 atom stereocenters. The molecule has 0 fully saturated rings. The highest BCUT2D eigenvalue weighted by molar-refractivity contribution is 6.39. The second-order valence-corrected chi connectivity index (χ2v) is 1.65. The molecule has 74 valence electrons. The van der Waals surface area contributed by atoms with Gasteiger partial charge in [0.15, 0.2) is 0 Å². The average Bonchev–Trinajstić information content (AvgIpc) is 2.17. The summed E-state index contributed by atoms with van der Waals surface area (Å²) in [5.74, 6) is -6.97. The van der Waals surface area contributed by atoms with Crippen molar-refractivity contribution in [2.75, 3.05) is 0 Å². The van der Waals surface area contributed by atoms with Crippen molar-refractivity contribution in [1.82, 2.24) is 0 Å². The number of carbonyl (C=O) groups is 6. The Bertz CT molecular complexity index is 282. The van der Waals surface area contributed by atoms with E-state index in [0.717, 1.165) is 0 Å². The van der Waals surface area contributed by atoms with E-state index >= 15 is 0 Å². The van der Waals surface area contributed by atoms with Crippen LogP contribution in [0.2, 0.25) is 0 Å². The fraction of sp³-hybridized carbons (Fsp3) is 0. The molecule has 0 spiro atoms. The zero-order valence-corrected chi connectivity index (χ0v) is 6.42. The van der Waals surface area contributed by atoms with Crippen LogP contribution in [0.5, 0.6) is 0 Å². The van der Waals surface area contributed by atoms with E-state index in [-0.39, 0.29) is 12.6 Å². The molecule has 0 radical (unpaired) electrons. The number of hydrogen-bond donors (Lipinski definition) is 0. The highest BCUT2D eigenvalue weighted by Crippen LogP contribution is 1.85. The maximum atomic E-state index is 10.4. The number of aldehydes is 2. The van der Waals surface area contributed by atoms with Crippen LogP contribution in [-0.4, -0.2) is 36.4 Å². The Morgan fingerprint density at radius 2 is 1.00 bits per heavy atom. The molecule has 0 amide bonds. The third-order valence-corrected chi connectivity index (χ3v) is 0.746. The highest BCUT2D eigenvalue weighted by atomic mass is 16.6. The molecular weight excluding hydrogens is 200 g/mol. The van der Waals surface area contributed by atoms with Crippen molar-refractivity contribution in [2.45, 2.75) is 0 Å². The first kappa shape index (κ1) is 11.6. The number of esters is 4. The fourth-order valence-electron chi connectivity index (χ4n) is 0.314. The molecule has 0 bridgehead atoms. The average molecular weight is 202 g/mol. The predicted octanol–water partition coefficient (Wildman–Crippen LogP) is -2.48. The lowest BCUT2D eigenvalue weighted by Crippen LogP contribution is -2.26. The van der Waals surface area contributed by atoms with Crippen molar-refractivity contribution < 1.29 is 38.2 Å². The lowest BCUT2D eigenvalue weighted by Gasteiger charge is -1.96. The Labute approximate surface area is 75.8 Å². The molecule has 14 heavy (non-hydrogen) atoms. The molecule has 8 nitrogen and oxygen atoms in total. The van der Waals surface area contributed by atoms with Crippen LogP contribution in [0.4, 0.5) is 0 Å². The van der Waals surface area contributed by atoms with Gasteiger partial charge in [-0.05, 0) is 0 Å². The molecule has 0 aromatic carbocycles. The van der Waals surface area contributed by atoms with Gasteiger partial charge in [-0.2, -0.15) is 0 Å². The highest BCUT2D eigenvalue weighted by Gasteiger charge is 2.23. The molecule has 0 aliphatic rings. The van der Waals surface area contributed by atoms with Gasteiger partial charge in [0.05, 0.1) is 0 Å². The van der Waals surface area contributed by atoms with Crippen molar-refractivity contribution in [3.63, 3.8) is 0 Å². The van der Waals surface area contributed by atoms with E-state index in [2.05, 4.69) is 9.47 Å². The van der Waals surface area contributed by atoms with Gasteiger partial charge in [-0.3, -0.25) is 9.59 Å². The van der Waals surface area contributed by atoms with Crippen LogP contribution in [0.15, 0.2) is 0 Å².